The molecule has 17 heavy (non-hydrogen) atoms. The van der Waals surface area contributed by atoms with Crippen molar-refractivity contribution in [1.29, 1.82) is 0 Å². The van der Waals surface area contributed by atoms with Crippen molar-refractivity contribution in [2.45, 2.75) is 0 Å². The number of carboxylic acid groups (broad SMARTS) is 1. The van der Waals surface area contributed by atoms with Crippen LogP contribution in [0.1, 0.15) is 10.4 Å². The summed E-state index contributed by atoms with van der Waals surface area (Å²) in [6.07, 6.45) is 3.18. The van der Waals surface area contributed by atoms with Crippen LogP contribution < -0.4 is 4.74 Å². The summed E-state index contributed by atoms with van der Waals surface area (Å²) < 4.78 is 4.85. The molecule has 0 aliphatic carbocycles. The number of rotatable bonds is 3. The molecule has 0 fully saturated rings. The van der Waals surface area contributed by atoms with Crippen LogP contribution >= 0.6 is 0 Å². The van der Waals surface area contributed by atoms with Gasteiger partial charge in [0.15, 0.2) is 0 Å². The van der Waals surface area contributed by atoms with E-state index in [4.69, 9.17) is 9.84 Å². The maximum Gasteiger partial charge on any atom is 0.335 e. The molecule has 1 heterocycles. The number of nitrogens with zero attached hydrogens (tertiary/aromatic N) is 2. The monoisotopic (exact) mass is 230 g/mol. The second-order valence-electron chi connectivity index (χ2n) is 3.34. The molecule has 1 aromatic heterocycles. The highest BCUT2D eigenvalue weighted by atomic mass is 16.5. The average Bonchev–Trinajstić information content (AvgIpc) is 2.39. The summed E-state index contributed by atoms with van der Waals surface area (Å²) in [6.45, 7) is 0. The molecule has 0 atom stereocenters. The van der Waals surface area contributed by atoms with Crippen molar-refractivity contribution in [2.24, 2.45) is 0 Å². The Balaban J connectivity index is 2.38. The van der Waals surface area contributed by atoms with E-state index >= 15 is 0 Å². The van der Waals surface area contributed by atoms with Crippen LogP contribution in [0.4, 0.5) is 0 Å². The molecule has 0 unspecified atom stereocenters. The summed E-state index contributed by atoms with van der Waals surface area (Å²) in [5.74, 6) is -0.957. The highest BCUT2D eigenvalue weighted by Gasteiger charge is 2.05. The number of carboxylic acids is 1. The fraction of sp³-hybridized carbons (Fsp3) is 0.0833. The molecule has 0 amide bonds. The minimum absolute atomic E-state index is 0.235. The number of benzene rings is 1. The molecule has 5 heteroatoms. The Labute approximate surface area is 97.7 Å². The standard InChI is InChI=1S/C12H10N2O3/c1-17-12-13-6-10(7-14-12)8-3-2-4-9(5-8)11(15)16/h2-7H,1H3,(H,15,16). The maximum atomic E-state index is 10.8. The lowest BCUT2D eigenvalue weighted by molar-refractivity contribution is 0.0697. The van der Waals surface area contributed by atoms with Crippen LogP contribution in [0.2, 0.25) is 0 Å². The summed E-state index contributed by atoms with van der Waals surface area (Å²) in [5, 5.41) is 8.89. The molecule has 0 aliphatic rings. The Morgan fingerprint density at radius 3 is 2.53 bits per heavy atom. The lowest BCUT2D eigenvalue weighted by Crippen LogP contribution is -1.96. The summed E-state index contributed by atoms with van der Waals surface area (Å²) in [6, 6.07) is 6.88. The van der Waals surface area contributed by atoms with Crippen molar-refractivity contribution in [3.63, 3.8) is 0 Å². The van der Waals surface area contributed by atoms with Crippen LogP contribution in [0.5, 0.6) is 6.01 Å². The number of aromatic nitrogens is 2. The predicted octanol–water partition coefficient (Wildman–Crippen LogP) is 1.85. The van der Waals surface area contributed by atoms with E-state index in [1.54, 1.807) is 30.6 Å². The lowest BCUT2D eigenvalue weighted by Gasteiger charge is -2.03. The zero-order valence-corrected chi connectivity index (χ0v) is 9.12. The van der Waals surface area contributed by atoms with E-state index in [1.807, 2.05) is 0 Å². The number of hydrogen-bond acceptors (Lipinski definition) is 4. The molecule has 0 bridgehead atoms. The molecular formula is C12H10N2O3. The Morgan fingerprint density at radius 1 is 1.24 bits per heavy atom. The Kier molecular flexibility index (Phi) is 3.00. The van der Waals surface area contributed by atoms with E-state index in [9.17, 15) is 4.79 Å². The first-order chi connectivity index (χ1) is 8.20. The number of aromatic carboxylic acids is 1. The van der Waals surface area contributed by atoms with Gasteiger partial charge < -0.3 is 9.84 Å². The van der Waals surface area contributed by atoms with Gasteiger partial charge in [0.1, 0.15) is 0 Å². The Morgan fingerprint density at radius 2 is 1.94 bits per heavy atom. The minimum atomic E-state index is -0.957. The molecule has 2 rings (SSSR count). The van der Waals surface area contributed by atoms with Crippen molar-refractivity contribution in [2.75, 3.05) is 7.11 Å². The van der Waals surface area contributed by atoms with E-state index in [-0.39, 0.29) is 11.6 Å². The molecule has 5 nitrogen and oxygen atoms in total. The second-order valence-corrected chi connectivity index (χ2v) is 3.34. The fourth-order valence-electron chi connectivity index (χ4n) is 1.40. The Hall–Kier alpha value is -2.43. The first-order valence-corrected chi connectivity index (χ1v) is 4.90. The fourth-order valence-corrected chi connectivity index (χ4v) is 1.40. The predicted molar refractivity (Wildman–Crippen MR) is 61.0 cm³/mol. The summed E-state index contributed by atoms with van der Waals surface area (Å²) in [7, 11) is 1.49. The van der Waals surface area contributed by atoms with Crippen LogP contribution in [0, 0.1) is 0 Å². The van der Waals surface area contributed by atoms with Crippen molar-refractivity contribution in [1.82, 2.24) is 9.97 Å². The van der Waals surface area contributed by atoms with Gasteiger partial charge in [-0.05, 0) is 17.7 Å². The first-order valence-electron chi connectivity index (χ1n) is 4.90. The van der Waals surface area contributed by atoms with Crippen LogP contribution in [0.3, 0.4) is 0 Å². The average molecular weight is 230 g/mol. The lowest BCUT2D eigenvalue weighted by atomic mass is 10.1. The molecule has 86 valence electrons. The van der Waals surface area contributed by atoms with Gasteiger partial charge in [-0.2, -0.15) is 0 Å². The quantitative estimate of drug-likeness (QED) is 0.871. The SMILES string of the molecule is COc1ncc(-c2cccc(C(=O)O)c2)cn1. The smallest absolute Gasteiger partial charge is 0.335 e. The van der Waals surface area contributed by atoms with E-state index in [2.05, 4.69) is 9.97 Å². The number of ether oxygens (including phenoxy) is 1. The third kappa shape index (κ3) is 2.39. The summed E-state index contributed by atoms with van der Waals surface area (Å²) >= 11 is 0. The van der Waals surface area contributed by atoms with E-state index in [1.165, 1.54) is 13.2 Å². The van der Waals surface area contributed by atoms with Crippen LogP contribution in [-0.2, 0) is 0 Å². The van der Waals surface area contributed by atoms with Gasteiger partial charge in [0.2, 0.25) is 0 Å². The zero-order chi connectivity index (χ0) is 12.3. The van der Waals surface area contributed by atoms with Gasteiger partial charge in [0.25, 0.3) is 0 Å². The topological polar surface area (TPSA) is 72.3 Å². The molecule has 0 saturated heterocycles. The van der Waals surface area contributed by atoms with Crippen LogP contribution in [-0.4, -0.2) is 28.2 Å². The van der Waals surface area contributed by atoms with Crippen molar-refractivity contribution in [3.8, 4) is 17.1 Å². The molecule has 0 aliphatic heterocycles. The Bertz CT molecular complexity index is 538. The van der Waals surface area contributed by atoms with Gasteiger partial charge in [0.05, 0.1) is 12.7 Å². The molecule has 2 aromatic rings. The van der Waals surface area contributed by atoms with Crippen LogP contribution in [0.25, 0.3) is 11.1 Å². The summed E-state index contributed by atoms with van der Waals surface area (Å²) in [5.41, 5.74) is 1.74. The minimum Gasteiger partial charge on any atom is -0.478 e. The first kappa shape index (κ1) is 11.1. The van der Waals surface area contributed by atoms with Gasteiger partial charge in [-0.15, -0.1) is 0 Å². The maximum absolute atomic E-state index is 10.8. The van der Waals surface area contributed by atoms with Gasteiger partial charge in [-0.1, -0.05) is 12.1 Å². The van der Waals surface area contributed by atoms with E-state index in [0.717, 1.165) is 11.1 Å². The van der Waals surface area contributed by atoms with Gasteiger partial charge in [-0.25, -0.2) is 14.8 Å². The zero-order valence-electron chi connectivity index (χ0n) is 9.12. The van der Waals surface area contributed by atoms with Gasteiger partial charge >= 0.3 is 12.0 Å². The molecule has 0 radical (unpaired) electrons. The molecular weight excluding hydrogens is 220 g/mol. The van der Waals surface area contributed by atoms with Crippen LogP contribution in [0.15, 0.2) is 36.7 Å². The number of hydrogen-bond donors (Lipinski definition) is 1. The molecule has 0 spiro atoms. The molecule has 0 saturated carbocycles. The largest absolute Gasteiger partial charge is 0.478 e. The van der Waals surface area contributed by atoms with Crippen molar-refractivity contribution < 1.29 is 14.6 Å². The van der Waals surface area contributed by atoms with E-state index in [0.29, 0.717) is 0 Å². The van der Waals surface area contributed by atoms with E-state index < -0.39 is 5.97 Å². The molecule has 1 aromatic carbocycles. The number of methoxy groups -OCH3 is 1. The highest BCUT2D eigenvalue weighted by Crippen LogP contribution is 2.19. The molecule has 1 N–H and O–H groups in total. The second kappa shape index (κ2) is 4.61. The van der Waals surface area contributed by atoms with Crippen molar-refractivity contribution >= 4 is 5.97 Å². The third-order valence-corrected chi connectivity index (χ3v) is 2.25. The number of carbonyl (C=O) groups is 1. The summed E-state index contributed by atoms with van der Waals surface area (Å²) in [4.78, 5) is 18.8. The van der Waals surface area contributed by atoms with Gasteiger partial charge in [0, 0.05) is 18.0 Å². The third-order valence-electron chi connectivity index (χ3n) is 2.25. The highest BCUT2D eigenvalue weighted by molar-refractivity contribution is 5.89. The normalized spacial score (nSPS) is 9.94. The van der Waals surface area contributed by atoms with Crippen molar-refractivity contribution in [3.05, 3.63) is 42.2 Å². The van der Waals surface area contributed by atoms with Gasteiger partial charge in [-0.3, -0.25) is 0 Å².